The lowest BCUT2D eigenvalue weighted by atomic mass is 9.94. The monoisotopic (exact) mass is 645 g/mol. The van der Waals surface area contributed by atoms with Gasteiger partial charge in [-0.1, -0.05) is 147 Å². The van der Waals surface area contributed by atoms with Gasteiger partial charge in [0.2, 0.25) is 0 Å². The summed E-state index contributed by atoms with van der Waals surface area (Å²) in [6.07, 6.45) is 20.9. The van der Waals surface area contributed by atoms with Crippen LogP contribution >= 0.6 is 0 Å². The second-order valence-electron chi connectivity index (χ2n) is 11.7. The fourth-order valence-corrected chi connectivity index (χ4v) is 6.47. The van der Waals surface area contributed by atoms with Gasteiger partial charge in [-0.25, -0.2) is 4.99 Å². The van der Waals surface area contributed by atoms with Crippen LogP contribution in [0.15, 0.2) is 182 Å². The van der Waals surface area contributed by atoms with Gasteiger partial charge < -0.3 is 9.80 Å². The van der Waals surface area contributed by atoms with Crippen LogP contribution < -0.4 is 9.80 Å². The number of rotatable bonds is 11. The number of terminal acetylenes is 1. The molecule has 0 amide bonds. The van der Waals surface area contributed by atoms with Crippen molar-refractivity contribution in [1.29, 1.82) is 0 Å². The van der Waals surface area contributed by atoms with Crippen molar-refractivity contribution in [3.63, 3.8) is 0 Å². The number of allylic oxidation sites excluding steroid dienone is 7. The van der Waals surface area contributed by atoms with E-state index < -0.39 is 0 Å². The molecule has 0 aliphatic carbocycles. The summed E-state index contributed by atoms with van der Waals surface area (Å²) in [4.78, 5) is 9.39. The Morgan fingerprint density at radius 2 is 1.24 bits per heavy atom. The zero-order chi connectivity index (χ0) is 34.9. The van der Waals surface area contributed by atoms with E-state index in [0.29, 0.717) is 0 Å². The summed E-state index contributed by atoms with van der Waals surface area (Å²) < 4.78 is 0. The SMILES string of the molecule is C#C/C=N\c1ccccc1N(/C(C)=C/C=C\C=C)c1c2ccccc2c(N(c2ccccc2)c2cccc(/C=C\C=C)c2C)c2ccccc12. The Morgan fingerprint density at radius 1 is 0.660 bits per heavy atom. The summed E-state index contributed by atoms with van der Waals surface area (Å²) in [5.41, 5.74) is 9.32. The number of anilines is 5. The van der Waals surface area contributed by atoms with Crippen LogP contribution in [0, 0.1) is 19.3 Å². The molecule has 3 heteroatoms. The van der Waals surface area contributed by atoms with Crippen molar-refractivity contribution in [2.24, 2.45) is 4.99 Å². The van der Waals surface area contributed by atoms with E-state index in [0.717, 1.165) is 66.9 Å². The van der Waals surface area contributed by atoms with E-state index >= 15 is 0 Å². The smallest absolute Gasteiger partial charge is 0.0877 e. The molecule has 0 heterocycles. The van der Waals surface area contributed by atoms with Gasteiger partial charge in [0, 0.05) is 38.6 Å². The first-order chi connectivity index (χ1) is 24.6. The minimum absolute atomic E-state index is 0.772. The van der Waals surface area contributed by atoms with Crippen LogP contribution in [-0.2, 0) is 0 Å². The topological polar surface area (TPSA) is 18.8 Å². The minimum atomic E-state index is 0.772. The van der Waals surface area contributed by atoms with Gasteiger partial charge in [0.05, 0.1) is 29.0 Å². The number of nitrogens with zero attached hydrogens (tertiary/aromatic N) is 3. The van der Waals surface area contributed by atoms with Crippen LogP contribution in [0.25, 0.3) is 27.6 Å². The Bertz CT molecular complexity index is 2290. The first-order valence-electron chi connectivity index (χ1n) is 16.6. The van der Waals surface area contributed by atoms with Crippen molar-refractivity contribution < 1.29 is 0 Å². The van der Waals surface area contributed by atoms with Gasteiger partial charge in [-0.15, -0.1) is 6.42 Å². The summed E-state index contributed by atoms with van der Waals surface area (Å²) in [6, 6.07) is 42.5. The second kappa shape index (κ2) is 15.5. The predicted molar refractivity (Wildman–Crippen MR) is 219 cm³/mol. The Balaban J connectivity index is 1.76. The molecule has 0 atom stereocenters. The maximum absolute atomic E-state index is 5.63. The Kier molecular flexibility index (Phi) is 10.3. The Hall–Kier alpha value is -6.63. The molecule has 6 rings (SSSR count). The van der Waals surface area contributed by atoms with Gasteiger partial charge >= 0.3 is 0 Å². The fourth-order valence-electron chi connectivity index (χ4n) is 6.47. The lowest BCUT2D eigenvalue weighted by Gasteiger charge is -2.34. The third kappa shape index (κ3) is 6.56. The highest BCUT2D eigenvalue weighted by molar-refractivity contribution is 6.23. The standard InChI is InChI=1S/C47H39N3/c1-6-9-12-22-35(4)49(45-32-20-19-31-43(45)48-34-8-3)46-39-27-15-17-29-41(39)47(42-30-18-16-28-40(42)46)50(38-25-13-11-14-26-38)44-33-21-24-37(36(44)5)23-10-7-2/h3,6-7,9-34H,1-2H2,4-5H3/b12-9-,23-10-,35-22+,48-34-. The van der Waals surface area contributed by atoms with Gasteiger partial charge in [-0.3, -0.25) is 0 Å². The van der Waals surface area contributed by atoms with Crippen molar-refractivity contribution in [1.82, 2.24) is 0 Å². The van der Waals surface area contributed by atoms with Crippen LogP contribution in [-0.4, -0.2) is 6.21 Å². The molecule has 50 heavy (non-hydrogen) atoms. The largest absolute Gasteiger partial charge is 0.311 e. The van der Waals surface area contributed by atoms with Gasteiger partial charge in [-0.2, -0.15) is 0 Å². The molecule has 0 fully saturated rings. The van der Waals surface area contributed by atoms with E-state index in [1.54, 1.807) is 6.08 Å². The summed E-state index contributed by atoms with van der Waals surface area (Å²) in [6.45, 7) is 12.1. The average Bonchev–Trinajstić information content (AvgIpc) is 3.16. The zero-order valence-corrected chi connectivity index (χ0v) is 28.5. The molecule has 0 aromatic heterocycles. The number of benzene rings is 6. The van der Waals surface area contributed by atoms with E-state index in [4.69, 9.17) is 11.4 Å². The van der Waals surface area contributed by atoms with E-state index in [-0.39, 0.29) is 0 Å². The molecule has 0 aliphatic heterocycles. The molecule has 3 nitrogen and oxygen atoms in total. The molecule has 0 radical (unpaired) electrons. The molecule has 0 saturated heterocycles. The summed E-state index contributed by atoms with van der Waals surface area (Å²) in [5.74, 6) is 2.56. The number of fused-ring (bicyclic) bond motifs is 2. The number of aliphatic imine (C=N–C) groups is 1. The molecule has 0 unspecified atom stereocenters. The molecular formula is C47H39N3. The molecule has 0 N–H and O–H groups in total. The van der Waals surface area contributed by atoms with Crippen LogP contribution in [0.2, 0.25) is 0 Å². The second-order valence-corrected chi connectivity index (χ2v) is 11.7. The van der Waals surface area contributed by atoms with Crippen molar-refractivity contribution in [2.45, 2.75) is 13.8 Å². The zero-order valence-electron chi connectivity index (χ0n) is 28.5. The van der Waals surface area contributed by atoms with E-state index in [1.165, 1.54) is 11.8 Å². The molecule has 6 aromatic carbocycles. The van der Waals surface area contributed by atoms with Gasteiger partial charge in [-0.05, 0) is 61.4 Å². The maximum Gasteiger partial charge on any atom is 0.0877 e. The number of hydrogen-bond donors (Lipinski definition) is 0. The average molecular weight is 646 g/mol. The van der Waals surface area contributed by atoms with E-state index in [9.17, 15) is 0 Å². The molecule has 0 saturated carbocycles. The normalized spacial score (nSPS) is 11.8. The van der Waals surface area contributed by atoms with Crippen LogP contribution in [0.3, 0.4) is 0 Å². The number of hydrogen-bond acceptors (Lipinski definition) is 3. The highest BCUT2D eigenvalue weighted by Crippen LogP contribution is 2.51. The molecule has 0 spiro atoms. The van der Waals surface area contributed by atoms with Crippen molar-refractivity contribution >= 4 is 68.0 Å². The summed E-state index contributed by atoms with van der Waals surface area (Å²) >= 11 is 0. The molecule has 6 aromatic rings. The van der Waals surface area contributed by atoms with Gasteiger partial charge in [0.1, 0.15) is 0 Å². The van der Waals surface area contributed by atoms with Crippen LogP contribution in [0.5, 0.6) is 0 Å². The lowest BCUT2D eigenvalue weighted by molar-refractivity contribution is 1.17. The van der Waals surface area contributed by atoms with Crippen molar-refractivity contribution in [3.8, 4) is 12.3 Å². The van der Waals surface area contributed by atoms with Crippen molar-refractivity contribution in [3.05, 3.63) is 188 Å². The highest BCUT2D eigenvalue weighted by atomic mass is 15.2. The highest BCUT2D eigenvalue weighted by Gasteiger charge is 2.26. The van der Waals surface area contributed by atoms with Gasteiger partial charge in [0.15, 0.2) is 0 Å². The first kappa shape index (κ1) is 33.3. The quantitative estimate of drug-likeness (QED) is 0.0459. The third-order valence-corrected chi connectivity index (χ3v) is 8.67. The summed E-state index contributed by atoms with van der Waals surface area (Å²) in [7, 11) is 0. The van der Waals surface area contributed by atoms with Crippen LogP contribution in [0.4, 0.5) is 34.1 Å². The Morgan fingerprint density at radius 3 is 1.88 bits per heavy atom. The maximum atomic E-state index is 5.63. The predicted octanol–water partition coefficient (Wildman–Crippen LogP) is 13.1. The summed E-state index contributed by atoms with van der Waals surface area (Å²) in [5, 5.41) is 4.42. The van der Waals surface area contributed by atoms with Crippen molar-refractivity contribution in [2.75, 3.05) is 9.80 Å². The van der Waals surface area contributed by atoms with Crippen LogP contribution in [0.1, 0.15) is 18.1 Å². The lowest BCUT2D eigenvalue weighted by Crippen LogP contribution is -2.17. The first-order valence-corrected chi connectivity index (χ1v) is 16.6. The third-order valence-electron chi connectivity index (χ3n) is 8.67. The van der Waals surface area contributed by atoms with E-state index in [2.05, 4.69) is 158 Å². The minimum Gasteiger partial charge on any atom is -0.311 e. The fraction of sp³-hybridized carbons (Fsp3) is 0.0426. The molecule has 0 bridgehead atoms. The van der Waals surface area contributed by atoms with E-state index in [1.807, 2.05) is 42.5 Å². The van der Waals surface area contributed by atoms with Gasteiger partial charge in [0.25, 0.3) is 0 Å². The molecule has 242 valence electrons. The number of para-hydroxylation sites is 3. The molecule has 0 aliphatic rings. The molecular weight excluding hydrogens is 607 g/mol. The Labute approximate surface area is 295 Å².